The number of ketones is 1. The summed E-state index contributed by atoms with van der Waals surface area (Å²) in [6, 6.07) is 7.41. The normalized spacial score (nSPS) is 10.6. The molecule has 0 fully saturated rings. The molecule has 17 heavy (non-hydrogen) atoms. The maximum atomic E-state index is 11.9. The van der Waals surface area contributed by atoms with Gasteiger partial charge >= 0.3 is 0 Å². The van der Waals surface area contributed by atoms with Crippen LogP contribution in [0.2, 0.25) is 0 Å². The Kier molecular flexibility index (Phi) is 5.70. The lowest BCUT2D eigenvalue weighted by atomic mass is 10.1. The van der Waals surface area contributed by atoms with Crippen LogP contribution >= 0.6 is 0 Å². The number of carbonyl (C=O) groups excluding carboxylic acids is 1. The van der Waals surface area contributed by atoms with Gasteiger partial charge in [0.15, 0.2) is 5.78 Å². The van der Waals surface area contributed by atoms with Crippen molar-refractivity contribution in [2.24, 2.45) is 0 Å². The molecule has 0 bridgehead atoms. The van der Waals surface area contributed by atoms with Crippen LogP contribution in [-0.2, 0) is 0 Å². The first-order valence-electron chi connectivity index (χ1n) is 6.08. The lowest BCUT2D eigenvalue weighted by molar-refractivity contribution is 0.0979. The number of benzene rings is 1. The van der Waals surface area contributed by atoms with Gasteiger partial charge in [-0.25, -0.2) is 0 Å². The lowest BCUT2D eigenvalue weighted by Gasteiger charge is -2.10. The fraction of sp³-hybridized carbons (Fsp3) is 0.500. The zero-order valence-electron chi connectivity index (χ0n) is 10.8. The summed E-state index contributed by atoms with van der Waals surface area (Å²) in [5.41, 5.74) is 0.735. The average Bonchev–Trinajstić information content (AvgIpc) is 2.28. The number of hydrogen-bond donors (Lipinski definition) is 1. The van der Waals surface area contributed by atoms with Crippen LogP contribution in [-0.4, -0.2) is 25.5 Å². The van der Waals surface area contributed by atoms with E-state index < -0.39 is 0 Å². The predicted molar refractivity (Wildman–Crippen MR) is 69.7 cm³/mol. The minimum atomic E-state index is 0.129. The van der Waals surface area contributed by atoms with Crippen LogP contribution in [0.4, 0.5) is 0 Å². The molecule has 0 amide bonds. The van der Waals surface area contributed by atoms with E-state index in [4.69, 9.17) is 4.74 Å². The Morgan fingerprint density at radius 1 is 1.41 bits per heavy atom. The summed E-state index contributed by atoms with van der Waals surface area (Å²) in [6.45, 7) is 4.82. The standard InChI is InChI=1S/C14H21NO2/c1-11(2)17-13-7-4-6-12(10-13)14(16)8-5-9-15-3/h4,6-7,10-11,15H,5,8-9H2,1-3H3. The van der Waals surface area contributed by atoms with Gasteiger partial charge in [0, 0.05) is 12.0 Å². The molecule has 1 aromatic rings. The Balaban J connectivity index is 2.60. The molecular formula is C14H21NO2. The third kappa shape index (κ3) is 5.00. The van der Waals surface area contributed by atoms with Gasteiger partial charge in [0.2, 0.25) is 0 Å². The van der Waals surface area contributed by atoms with E-state index >= 15 is 0 Å². The molecule has 0 saturated heterocycles. The molecule has 1 N–H and O–H groups in total. The zero-order valence-corrected chi connectivity index (χ0v) is 10.8. The quantitative estimate of drug-likeness (QED) is 0.583. The third-order valence-corrected chi connectivity index (χ3v) is 2.36. The highest BCUT2D eigenvalue weighted by molar-refractivity contribution is 5.96. The zero-order chi connectivity index (χ0) is 12.7. The molecule has 0 aromatic heterocycles. The second-order valence-corrected chi connectivity index (χ2v) is 4.32. The second kappa shape index (κ2) is 7.07. The van der Waals surface area contributed by atoms with Crippen molar-refractivity contribution in [3.8, 4) is 5.75 Å². The molecule has 3 nitrogen and oxygen atoms in total. The van der Waals surface area contributed by atoms with Gasteiger partial charge in [-0.05, 0) is 46.0 Å². The number of nitrogens with one attached hydrogen (secondary N) is 1. The molecule has 0 unspecified atom stereocenters. The fourth-order valence-corrected chi connectivity index (χ4v) is 1.59. The molecule has 1 aromatic carbocycles. The van der Waals surface area contributed by atoms with E-state index in [0.717, 1.165) is 24.3 Å². The van der Waals surface area contributed by atoms with Gasteiger partial charge < -0.3 is 10.1 Å². The summed E-state index contributed by atoms with van der Waals surface area (Å²) in [5.74, 6) is 0.939. The highest BCUT2D eigenvalue weighted by atomic mass is 16.5. The Labute approximate surface area is 103 Å². The van der Waals surface area contributed by atoms with Gasteiger partial charge in [-0.1, -0.05) is 12.1 Å². The first-order valence-corrected chi connectivity index (χ1v) is 6.08. The molecule has 0 aliphatic carbocycles. The molecule has 0 aliphatic heterocycles. The average molecular weight is 235 g/mol. The molecule has 94 valence electrons. The monoisotopic (exact) mass is 235 g/mol. The minimum Gasteiger partial charge on any atom is -0.491 e. The van der Waals surface area contributed by atoms with Crippen molar-refractivity contribution in [3.05, 3.63) is 29.8 Å². The van der Waals surface area contributed by atoms with Gasteiger partial charge in [0.25, 0.3) is 0 Å². The summed E-state index contributed by atoms with van der Waals surface area (Å²) in [4.78, 5) is 11.9. The van der Waals surface area contributed by atoms with Gasteiger partial charge in [-0.2, -0.15) is 0 Å². The van der Waals surface area contributed by atoms with E-state index in [-0.39, 0.29) is 11.9 Å². The SMILES string of the molecule is CNCCCC(=O)c1cccc(OC(C)C)c1. The van der Waals surface area contributed by atoms with Gasteiger partial charge in [-0.3, -0.25) is 4.79 Å². The Morgan fingerprint density at radius 3 is 2.82 bits per heavy atom. The summed E-state index contributed by atoms with van der Waals surface area (Å²) in [5, 5.41) is 3.04. The molecule has 0 heterocycles. The van der Waals surface area contributed by atoms with Crippen LogP contribution in [0.15, 0.2) is 24.3 Å². The topological polar surface area (TPSA) is 38.3 Å². The highest BCUT2D eigenvalue weighted by Crippen LogP contribution is 2.16. The molecule has 3 heteroatoms. The minimum absolute atomic E-state index is 0.129. The van der Waals surface area contributed by atoms with Crippen LogP contribution in [0.1, 0.15) is 37.0 Å². The molecule has 0 saturated carbocycles. The highest BCUT2D eigenvalue weighted by Gasteiger charge is 2.07. The molecule has 0 atom stereocenters. The summed E-state index contributed by atoms with van der Waals surface area (Å²) >= 11 is 0. The van der Waals surface area contributed by atoms with E-state index in [0.29, 0.717) is 6.42 Å². The van der Waals surface area contributed by atoms with Crippen LogP contribution in [0.3, 0.4) is 0 Å². The van der Waals surface area contributed by atoms with Crippen LogP contribution < -0.4 is 10.1 Å². The van der Waals surface area contributed by atoms with Gasteiger partial charge in [0.1, 0.15) is 5.75 Å². The van der Waals surface area contributed by atoms with Crippen molar-refractivity contribution in [1.82, 2.24) is 5.32 Å². The van der Waals surface area contributed by atoms with Crippen molar-refractivity contribution >= 4 is 5.78 Å². The number of rotatable bonds is 7. The maximum absolute atomic E-state index is 11.9. The largest absolute Gasteiger partial charge is 0.491 e. The molecular weight excluding hydrogens is 214 g/mol. The van der Waals surface area contributed by atoms with Gasteiger partial charge in [-0.15, -0.1) is 0 Å². The van der Waals surface area contributed by atoms with Crippen LogP contribution in [0, 0.1) is 0 Å². The number of hydrogen-bond acceptors (Lipinski definition) is 3. The van der Waals surface area contributed by atoms with Crippen LogP contribution in [0.25, 0.3) is 0 Å². The molecule has 0 spiro atoms. The van der Waals surface area contributed by atoms with Crippen LogP contribution in [0.5, 0.6) is 5.75 Å². The Bertz CT molecular complexity index is 361. The van der Waals surface area contributed by atoms with Crippen molar-refractivity contribution in [2.75, 3.05) is 13.6 Å². The van der Waals surface area contributed by atoms with E-state index in [1.165, 1.54) is 0 Å². The molecule has 0 aliphatic rings. The third-order valence-electron chi connectivity index (χ3n) is 2.36. The van der Waals surface area contributed by atoms with E-state index in [9.17, 15) is 4.79 Å². The number of Topliss-reactive ketones (excluding diaryl/α,β-unsaturated/α-hetero) is 1. The van der Waals surface area contributed by atoms with Crippen molar-refractivity contribution in [2.45, 2.75) is 32.8 Å². The second-order valence-electron chi connectivity index (χ2n) is 4.32. The fourth-order valence-electron chi connectivity index (χ4n) is 1.59. The Hall–Kier alpha value is -1.35. The smallest absolute Gasteiger partial charge is 0.163 e. The first kappa shape index (κ1) is 13.7. The maximum Gasteiger partial charge on any atom is 0.163 e. The summed E-state index contributed by atoms with van der Waals surface area (Å²) in [6.07, 6.45) is 1.57. The van der Waals surface area contributed by atoms with E-state index in [1.807, 2.05) is 45.2 Å². The Morgan fingerprint density at radius 2 is 2.18 bits per heavy atom. The van der Waals surface area contributed by atoms with Crippen molar-refractivity contribution < 1.29 is 9.53 Å². The van der Waals surface area contributed by atoms with Crippen molar-refractivity contribution in [3.63, 3.8) is 0 Å². The van der Waals surface area contributed by atoms with Crippen molar-refractivity contribution in [1.29, 1.82) is 0 Å². The van der Waals surface area contributed by atoms with Gasteiger partial charge in [0.05, 0.1) is 6.10 Å². The first-order chi connectivity index (χ1) is 8.13. The summed E-state index contributed by atoms with van der Waals surface area (Å²) in [7, 11) is 1.89. The molecule has 0 radical (unpaired) electrons. The van der Waals surface area contributed by atoms with E-state index in [2.05, 4.69) is 5.32 Å². The lowest BCUT2D eigenvalue weighted by Crippen LogP contribution is -2.10. The predicted octanol–water partition coefficient (Wildman–Crippen LogP) is 2.66. The number of carbonyl (C=O) groups is 1. The molecule has 1 rings (SSSR count). The number of ether oxygens (including phenoxy) is 1. The summed E-state index contributed by atoms with van der Waals surface area (Å²) < 4.78 is 5.57. The van der Waals surface area contributed by atoms with E-state index in [1.54, 1.807) is 0 Å².